The Morgan fingerprint density at radius 1 is 0.655 bits per heavy atom. The van der Waals surface area contributed by atoms with Gasteiger partial charge in [-0.3, -0.25) is 0 Å². The number of rotatable bonds is 16. The van der Waals surface area contributed by atoms with E-state index in [1.165, 1.54) is 77.0 Å². The highest BCUT2D eigenvalue weighted by Crippen LogP contribution is 2.17. The molecule has 0 aliphatic carbocycles. The summed E-state index contributed by atoms with van der Waals surface area (Å²) >= 11 is 0. The molecule has 0 spiro atoms. The van der Waals surface area contributed by atoms with Crippen molar-refractivity contribution in [2.75, 3.05) is 6.61 Å². The summed E-state index contributed by atoms with van der Waals surface area (Å²) in [6, 6.07) is 13.8. The van der Waals surface area contributed by atoms with Crippen LogP contribution in [0.1, 0.15) is 107 Å². The lowest BCUT2D eigenvalue weighted by Crippen LogP contribution is -2.06. The summed E-state index contributed by atoms with van der Waals surface area (Å²) in [6.45, 7) is 2.81. The maximum atomic E-state index is 12.2. The van der Waals surface area contributed by atoms with Crippen LogP contribution in [-0.2, 0) is 4.74 Å². The number of carbonyl (C=O) groups is 1. The molecule has 29 heavy (non-hydrogen) atoms. The molecule has 0 aliphatic heterocycles. The van der Waals surface area contributed by atoms with E-state index < -0.39 is 0 Å². The fourth-order valence-electron chi connectivity index (χ4n) is 3.86. The first-order valence-corrected chi connectivity index (χ1v) is 12.0. The van der Waals surface area contributed by atoms with Crippen molar-refractivity contribution in [3.63, 3.8) is 0 Å². The Kier molecular flexibility index (Phi) is 12.2. The highest BCUT2D eigenvalue weighted by Gasteiger charge is 2.07. The van der Waals surface area contributed by atoms with Crippen molar-refractivity contribution in [1.29, 1.82) is 0 Å². The summed E-state index contributed by atoms with van der Waals surface area (Å²) in [4.78, 5) is 12.2. The normalized spacial score (nSPS) is 11.1. The Labute approximate surface area is 178 Å². The molecule has 0 amide bonds. The van der Waals surface area contributed by atoms with Gasteiger partial charge in [0.25, 0.3) is 0 Å². The summed E-state index contributed by atoms with van der Waals surface area (Å²) in [6.07, 6.45) is 18.7. The second kappa shape index (κ2) is 15.1. The number of carbonyl (C=O) groups excluding carboxylic acids is 1. The van der Waals surface area contributed by atoms with Gasteiger partial charge < -0.3 is 4.74 Å². The van der Waals surface area contributed by atoms with E-state index in [2.05, 4.69) is 13.0 Å². The van der Waals surface area contributed by atoms with Crippen molar-refractivity contribution in [2.24, 2.45) is 0 Å². The largest absolute Gasteiger partial charge is 0.462 e. The van der Waals surface area contributed by atoms with Gasteiger partial charge in [0.2, 0.25) is 0 Å². The van der Waals surface area contributed by atoms with Gasteiger partial charge >= 0.3 is 5.97 Å². The number of benzene rings is 2. The molecule has 0 N–H and O–H groups in total. The molecule has 0 atom stereocenters. The standard InChI is InChI=1S/C27H40O2/c1-2-3-4-5-6-7-8-9-10-11-12-13-14-17-22-29-27(28)26-21-20-24-18-15-16-19-25(24)23-26/h15-16,18-21,23H,2-14,17,22H2,1H3. The Morgan fingerprint density at radius 3 is 1.76 bits per heavy atom. The average molecular weight is 397 g/mol. The topological polar surface area (TPSA) is 26.3 Å². The molecule has 160 valence electrons. The van der Waals surface area contributed by atoms with Crippen LogP contribution >= 0.6 is 0 Å². The van der Waals surface area contributed by atoms with Crippen LogP contribution in [0, 0.1) is 0 Å². The van der Waals surface area contributed by atoms with Gasteiger partial charge in [-0.15, -0.1) is 0 Å². The van der Waals surface area contributed by atoms with Crippen LogP contribution in [-0.4, -0.2) is 12.6 Å². The van der Waals surface area contributed by atoms with Crippen LogP contribution in [0.15, 0.2) is 42.5 Å². The number of esters is 1. The summed E-state index contributed by atoms with van der Waals surface area (Å²) in [5.41, 5.74) is 0.647. The first kappa shape index (κ1) is 23.4. The van der Waals surface area contributed by atoms with Crippen LogP contribution in [0.2, 0.25) is 0 Å². The van der Waals surface area contributed by atoms with Crippen molar-refractivity contribution in [2.45, 2.75) is 96.8 Å². The second-order valence-electron chi connectivity index (χ2n) is 8.29. The van der Waals surface area contributed by atoms with Crippen molar-refractivity contribution in [1.82, 2.24) is 0 Å². The molecule has 0 radical (unpaired) electrons. The zero-order chi connectivity index (χ0) is 20.6. The zero-order valence-electron chi connectivity index (χ0n) is 18.5. The van der Waals surface area contributed by atoms with Gasteiger partial charge in [0.05, 0.1) is 12.2 Å². The first-order chi connectivity index (χ1) is 14.3. The Balaban J connectivity index is 1.41. The molecule has 0 unspecified atom stereocenters. The fourth-order valence-corrected chi connectivity index (χ4v) is 3.86. The molecule has 2 aromatic rings. The third kappa shape index (κ3) is 9.96. The van der Waals surface area contributed by atoms with Crippen LogP contribution in [0.4, 0.5) is 0 Å². The molecule has 0 fully saturated rings. The van der Waals surface area contributed by atoms with Crippen molar-refractivity contribution in [3.8, 4) is 0 Å². The van der Waals surface area contributed by atoms with E-state index >= 15 is 0 Å². The van der Waals surface area contributed by atoms with Crippen LogP contribution < -0.4 is 0 Å². The lowest BCUT2D eigenvalue weighted by molar-refractivity contribution is 0.0498. The van der Waals surface area contributed by atoms with Gasteiger partial charge in [-0.1, -0.05) is 121 Å². The van der Waals surface area contributed by atoms with E-state index in [1.54, 1.807) is 0 Å². The summed E-state index contributed by atoms with van der Waals surface area (Å²) < 4.78 is 5.45. The minimum atomic E-state index is -0.203. The Bertz CT molecular complexity index is 692. The van der Waals surface area contributed by atoms with Gasteiger partial charge in [-0.05, 0) is 29.3 Å². The molecule has 2 heteroatoms. The number of hydrogen-bond acceptors (Lipinski definition) is 2. The Hall–Kier alpha value is -1.83. The molecule has 0 aliphatic rings. The molecule has 0 saturated carbocycles. The van der Waals surface area contributed by atoms with E-state index in [9.17, 15) is 4.79 Å². The highest BCUT2D eigenvalue weighted by molar-refractivity contribution is 5.95. The summed E-state index contributed by atoms with van der Waals surface area (Å²) in [5.74, 6) is -0.203. The van der Waals surface area contributed by atoms with Crippen LogP contribution in [0.3, 0.4) is 0 Å². The second-order valence-corrected chi connectivity index (χ2v) is 8.29. The zero-order valence-corrected chi connectivity index (χ0v) is 18.5. The molecular formula is C27H40O2. The van der Waals surface area contributed by atoms with Gasteiger partial charge in [-0.2, -0.15) is 0 Å². The predicted molar refractivity (Wildman–Crippen MR) is 125 cm³/mol. The molecule has 2 rings (SSSR count). The van der Waals surface area contributed by atoms with Gasteiger partial charge in [-0.25, -0.2) is 4.79 Å². The van der Waals surface area contributed by atoms with Crippen molar-refractivity contribution in [3.05, 3.63) is 48.0 Å². The first-order valence-electron chi connectivity index (χ1n) is 12.0. The maximum Gasteiger partial charge on any atom is 0.338 e. The Morgan fingerprint density at radius 2 is 1.17 bits per heavy atom. The lowest BCUT2D eigenvalue weighted by atomic mass is 10.0. The van der Waals surface area contributed by atoms with E-state index in [-0.39, 0.29) is 5.97 Å². The number of fused-ring (bicyclic) bond motifs is 1. The highest BCUT2D eigenvalue weighted by atomic mass is 16.5. The minimum absolute atomic E-state index is 0.203. The van der Waals surface area contributed by atoms with Crippen molar-refractivity contribution < 1.29 is 9.53 Å². The molecule has 0 heterocycles. The molecule has 2 nitrogen and oxygen atoms in total. The summed E-state index contributed by atoms with van der Waals surface area (Å²) in [7, 11) is 0. The molecule has 0 aromatic heterocycles. The molecule has 2 aromatic carbocycles. The molecular weight excluding hydrogens is 356 g/mol. The van der Waals surface area contributed by atoms with Crippen molar-refractivity contribution >= 4 is 16.7 Å². The van der Waals surface area contributed by atoms with Gasteiger partial charge in [0, 0.05) is 0 Å². The molecule has 0 bridgehead atoms. The maximum absolute atomic E-state index is 12.2. The van der Waals surface area contributed by atoms with E-state index in [1.807, 2.05) is 36.4 Å². The van der Waals surface area contributed by atoms with Gasteiger partial charge in [0.15, 0.2) is 0 Å². The van der Waals surface area contributed by atoms with Crippen LogP contribution in [0.25, 0.3) is 10.8 Å². The number of ether oxygens (including phenoxy) is 1. The third-order valence-electron chi connectivity index (χ3n) is 5.72. The predicted octanol–water partition coefficient (Wildman–Crippen LogP) is 8.48. The van der Waals surface area contributed by atoms with E-state index in [0.717, 1.165) is 23.6 Å². The smallest absolute Gasteiger partial charge is 0.338 e. The van der Waals surface area contributed by atoms with E-state index in [0.29, 0.717) is 12.2 Å². The van der Waals surface area contributed by atoms with Crippen LogP contribution in [0.5, 0.6) is 0 Å². The summed E-state index contributed by atoms with van der Waals surface area (Å²) in [5, 5.41) is 2.23. The lowest BCUT2D eigenvalue weighted by Gasteiger charge is -2.06. The average Bonchev–Trinajstić information content (AvgIpc) is 2.76. The third-order valence-corrected chi connectivity index (χ3v) is 5.72. The monoisotopic (exact) mass is 396 g/mol. The fraction of sp³-hybridized carbons (Fsp3) is 0.593. The number of hydrogen-bond donors (Lipinski definition) is 0. The minimum Gasteiger partial charge on any atom is -0.462 e. The molecule has 0 saturated heterocycles. The van der Waals surface area contributed by atoms with E-state index in [4.69, 9.17) is 4.74 Å². The van der Waals surface area contributed by atoms with Gasteiger partial charge in [0.1, 0.15) is 0 Å². The quantitative estimate of drug-likeness (QED) is 0.210. The number of unbranched alkanes of at least 4 members (excludes halogenated alkanes) is 13. The SMILES string of the molecule is CCCCCCCCCCCCCCCCOC(=O)c1ccc2ccccc2c1.